The van der Waals surface area contributed by atoms with Crippen LogP contribution in [0.15, 0.2) is 71.9 Å². The average molecular weight is 557 g/mol. The van der Waals surface area contributed by atoms with E-state index in [1.807, 2.05) is 12.1 Å². The molecule has 1 fully saturated rings. The molecule has 1 aliphatic rings. The highest BCUT2D eigenvalue weighted by molar-refractivity contribution is 7.98. The second-order valence-electron chi connectivity index (χ2n) is 11.6. The summed E-state index contributed by atoms with van der Waals surface area (Å²) < 4.78 is 0. The smallest absolute Gasteiger partial charge is 0.125 e. The van der Waals surface area contributed by atoms with E-state index in [1.54, 1.807) is 29.2 Å². The van der Waals surface area contributed by atoms with E-state index in [-0.39, 0.29) is 5.41 Å². The molecule has 0 unspecified atom stereocenters. The van der Waals surface area contributed by atoms with E-state index in [9.17, 15) is 0 Å². The molecular weight excluding hydrogens is 512 g/mol. The lowest BCUT2D eigenvalue weighted by Gasteiger charge is -2.23. The topological polar surface area (TPSA) is 92.2 Å². The number of hydrazine groups is 1. The third kappa shape index (κ3) is 7.61. The molecule has 2 aromatic carbocycles. The van der Waals surface area contributed by atoms with Gasteiger partial charge in [0.25, 0.3) is 0 Å². The van der Waals surface area contributed by atoms with E-state index in [0.717, 1.165) is 58.5 Å². The van der Waals surface area contributed by atoms with Gasteiger partial charge in [0.1, 0.15) is 5.82 Å². The predicted molar refractivity (Wildman–Crippen MR) is 174 cm³/mol. The van der Waals surface area contributed by atoms with E-state index in [1.165, 1.54) is 23.3 Å². The molecule has 0 atom stereocenters. The molecule has 0 amide bonds. The fourth-order valence-corrected chi connectivity index (χ4v) is 4.99. The molecule has 0 spiro atoms. The summed E-state index contributed by atoms with van der Waals surface area (Å²) in [6.07, 6.45) is 11.4. The Balaban J connectivity index is 1.57. The number of nitrogens with two attached hydrogens (primary N) is 2. The summed E-state index contributed by atoms with van der Waals surface area (Å²) in [6, 6.07) is 17.0. The van der Waals surface area contributed by atoms with Crippen LogP contribution in [0.3, 0.4) is 0 Å². The van der Waals surface area contributed by atoms with Gasteiger partial charge in [0.05, 0.1) is 17.1 Å². The van der Waals surface area contributed by atoms with Crippen molar-refractivity contribution in [3.8, 4) is 0 Å². The molecule has 0 radical (unpaired) electrons. The lowest BCUT2D eigenvalue weighted by atomic mass is 9.87. The highest BCUT2D eigenvalue weighted by atomic mass is 32.2. The fourth-order valence-electron chi connectivity index (χ4n) is 4.45. The number of aromatic nitrogens is 1. The molecule has 3 aromatic rings. The van der Waals surface area contributed by atoms with Gasteiger partial charge in [-0.2, -0.15) is 0 Å². The number of nitrogens with zero attached hydrogens (tertiary/aromatic N) is 2. The summed E-state index contributed by atoms with van der Waals surface area (Å²) >= 11 is 1.74. The Labute approximate surface area is 244 Å². The molecule has 4 rings (SSSR count). The molecule has 6 nitrogen and oxygen atoms in total. The number of nitrogens with one attached hydrogen (secondary N) is 2. The van der Waals surface area contributed by atoms with Gasteiger partial charge in [0.2, 0.25) is 0 Å². The molecule has 1 heterocycles. The van der Waals surface area contributed by atoms with Crippen LogP contribution in [0.25, 0.3) is 11.4 Å². The Morgan fingerprint density at radius 2 is 1.85 bits per heavy atom. The van der Waals surface area contributed by atoms with Crippen molar-refractivity contribution in [2.75, 3.05) is 28.4 Å². The van der Waals surface area contributed by atoms with Crippen LogP contribution in [0, 0.1) is 12.8 Å². The van der Waals surface area contributed by atoms with E-state index in [4.69, 9.17) is 11.6 Å². The monoisotopic (exact) mass is 556 g/mol. The highest BCUT2D eigenvalue weighted by Gasteiger charge is 2.20. The summed E-state index contributed by atoms with van der Waals surface area (Å²) in [5.74, 6) is 8.23. The third-order valence-electron chi connectivity index (χ3n) is 7.19. The second-order valence-corrected chi connectivity index (χ2v) is 12.4. The summed E-state index contributed by atoms with van der Waals surface area (Å²) in [7, 11) is 0. The van der Waals surface area contributed by atoms with E-state index in [0.29, 0.717) is 5.70 Å². The maximum Gasteiger partial charge on any atom is 0.125 e. The van der Waals surface area contributed by atoms with Crippen LogP contribution in [-0.4, -0.2) is 17.8 Å². The van der Waals surface area contributed by atoms with Crippen molar-refractivity contribution >= 4 is 40.3 Å². The summed E-state index contributed by atoms with van der Waals surface area (Å²) in [5, 5.41) is 8.72. The van der Waals surface area contributed by atoms with Gasteiger partial charge in [0.15, 0.2) is 0 Å². The lowest BCUT2D eigenvalue weighted by molar-refractivity contribution is 0.590. The SMILES string of the molecule is CC/C=C(\Nc1cc(C(C)(C)C)ccc1SC)c1ccc(C)c(N(N)/C=C(\N)c2ccc(NCC3CC3)nc2)c1. The van der Waals surface area contributed by atoms with Gasteiger partial charge < -0.3 is 16.4 Å². The van der Waals surface area contributed by atoms with Crippen LogP contribution in [-0.2, 0) is 5.41 Å². The van der Waals surface area contributed by atoms with Crippen LogP contribution in [0.4, 0.5) is 17.2 Å². The molecule has 7 heteroatoms. The summed E-state index contributed by atoms with van der Waals surface area (Å²) in [5.41, 5.74) is 14.4. The molecule has 0 bridgehead atoms. The zero-order chi connectivity index (χ0) is 28.9. The average Bonchev–Trinajstić information content (AvgIpc) is 3.76. The first kappa shape index (κ1) is 29.6. The second kappa shape index (κ2) is 12.8. The normalized spacial score (nSPS) is 14.3. The first-order valence-electron chi connectivity index (χ1n) is 14.1. The van der Waals surface area contributed by atoms with E-state index in [2.05, 4.69) is 99.0 Å². The van der Waals surface area contributed by atoms with Crippen molar-refractivity contribution in [2.45, 2.75) is 64.2 Å². The largest absolute Gasteiger partial charge is 0.397 e. The Bertz CT molecular complexity index is 1370. The first-order valence-corrected chi connectivity index (χ1v) is 15.3. The lowest BCUT2D eigenvalue weighted by Crippen LogP contribution is -2.26. The van der Waals surface area contributed by atoms with Crippen molar-refractivity contribution in [2.24, 2.45) is 17.5 Å². The van der Waals surface area contributed by atoms with Crippen molar-refractivity contribution < 1.29 is 0 Å². The first-order chi connectivity index (χ1) is 19.1. The number of anilines is 3. The van der Waals surface area contributed by atoms with Crippen molar-refractivity contribution in [1.29, 1.82) is 0 Å². The third-order valence-corrected chi connectivity index (χ3v) is 7.98. The predicted octanol–water partition coefficient (Wildman–Crippen LogP) is 7.73. The van der Waals surface area contributed by atoms with Gasteiger partial charge in [-0.05, 0) is 90.8 Å². The van der Waals surface area contributed by atoms with Gasteiger partial charge in [-0.15, -0.1) is 11.8 Å². The van der Waals surface area contributed by atoms with Gasteiger partial charge in [-0.25, -0.2) is 10.8 Å². The van der Waals surface area contributed by atoms with Crippen LogP contribution < -0.4 is 27.2 Å². The minimum absolute atomic E-state index is 0.0638. The zero-order valence-electron chi connectivity index (χ0n) is 24.7. The number of allylic oxidation sites excluding steroid dienone is 1. The van der Waals surface area contributed by atoms with Gasteiger partial charge in [0, 0.05) is 35.1 Å². The Morgan fingerprint density at radius 3 is 2.48 bits per heavy atom. The molecule has 6 N–H and O–H groups in total. The Morgan fingerprint density at radius 1 is 1.10 bits per heavy atom. The van der Waals surface area contributed by atoms with Crippen LogP contribution in [0.5, 0.6) is 0 Å². The van der Waals surface area contributed by atoms with Gasteiger partial charge in [-0.1, -0.05) is 52.0 Å². The maximum atomic E-state index is 6.56. The number of benzene rings is 2. The minimum atomic E-state index is 0.0638. The van der Waals surface area contributed by atoms with Crippen molar-refractivity contribution in [3.63, 3.8) is 0 Å². The number of hydrogen-bond donors (Lipinski definition) is 4. The maximum absolute atomic E-state index is 6.56. The molecule has 0 saturated heterocycles. The van der Waals surface area contributed by atoms with Crippen LogP contribution in [0.2, 0.25) is 0 Å². The number of pyridine rings is 1. The van der Waals surface area contributed by atoms with Crippen molar-refractivity contribution in [1.82, 2.24) is 4.98 Å². The van der Waals surface area contributed by atoms with Gasteiger partial charge in [-0.3, -0.25) is 5.01 Å². The van der Waals surface area contributed by atoms with Crippen molar-refractivity contribution in [3.05, 3.63) is 89.3 Å². The molecular formula is C33H44N6S. The summed E-state index contributed by atoms with van der Waals surface area (Å²) in [6.45, 7) is 11.9. The zero-order valence-corrected chi connectivity index (χ0v) is 25.5. The van der Waals surface area contributed by atoms with Crippen LogP contribution >= 0.6 is 11.8 Å². The minimum Gasteiger partial charge on any atom is -0.397 e. The Hall–Kier alpha value is -3.42. The molecule has 212 valence electrons. The van der Waals surface area contributed by atoms with E-state index >= 15 is 0 Å². The number of hydrogen-bond acceptors (Lipinski definition) is 7. The molecule has 1 aromatic heterocycles. The van der Waals surface area contributed by atoms with Crippen LogP contribution in [0.1, 0.15) is 69.2 Å². The molecule has 1 saturated carbocycles. The summed E-state index contributed by atoms with van der Waals surface area (Å²) in [4.78, 5) is 5.73. The van der Waals surface area contributed by atoms with Gasteiger partial charge >= 0.3 is 0 Å². The number of rotatable bonds is 11. The standard InChI is InChI=1S/C33H44N6S/c1-7-8-28(38-29-18-26(33(3,4)5)14-15-31(29)40-6)24-12-9-22(2)30(17-24)39(35)21-27(34)25-13-16-32(37-20-25)36-19-23-10-11-23/h8-9,12-18,20-21,23,38H,7,10-11,19,34-35H2,1-6H3,(H,36,37)/b27-21-,28-8-. The molecule has 40 heavy (non-hydrogen) atoms. The number of aryl methyl sites for hydroxylation is 1. The van der Waals surface area contributed by atoms with E-state index < -0.39 is 0 Å². The number of thioether (sulfide) groups is 1. The molecule has 1 aliphatic carbocycles. The highest BCUT2D eigenvalue weighted by Crippen LogP contribution is 2.34. The molecule has 0 aliphatic heterocycles. The quantitative estimate of drug-likeness (QED) is 0.109. The Kier molecular flexibility index (Phi) is 9.48. The fraction of sp³-hybridized carbons (Fsp3) is 0.364.